The summed E-state index contributed by atoms with van der Waals surface area (Å²) >= 11 is 0. The molecule has 0 amide bonds. The number of aryl methyl sites for hydroxylation is 1. The van der Waals surface area contributed by atoms with Crippen LogP contribution in [0.15, 0.2) is 18.3 Å². The van der Waals surface area contributed by atoms with Crippen LogP contribution in [0, 0.1) is 6.92 Å². The summed E-state index contributed by atoms with van der Waals surface area (Å²) in [6.45, 7) is 2.78. The third kappa shape index (κ3) is 3.77. The average Bonchev–Trinajstić information content (AvgIpc) is 2.34. The molecule has 1 aliphatic heterocycles. The van der Waals surface area contributed by atoms with Gasteiger partial charge in [0.05, 0.1) is 23.6 Å². The van der Waals surface area contributed by atoms with Gasteiger partial charge in [0.15, 0.2) is 9.84 Å². The van der Waals surface area contributed by atoms with E-state index in [0.717, 1.165) is 11.3 Å². The number of hydrogen-bond acceptors (Lipinski definition) is 5. The number of pyridine rings is 1. The molecule has 6 nitrogen and oxygen atoms in total. The Labute approximate surface area is 118 Å². The van der Waals surface area contributed by atoms with E-state index < -0.39 is 21.8 Å². The maximum absolute atomic E-state index is 11.7. The van der Waals surface area contributed by atoms with Crippen LogP contribution < -0.4 is 0 Å². The maximum Gasteiger partial charge on any atom is 0.304 e. The summed E-state index contributed by atoms with van der Waals surface area (Å²) in [4.78, 5) is 17.1. The van der Waals surface area contributed by atoms with Crippen molar-refractivity contribution in [3.8, 4) is 0 Å². The molecule has 1 saturated heterocycles. The average molecular weight is 298 g/mol. The first-order chi connectivity index (χ1) is 9.37. The summed E-state index contributed by atoms with van der Waals surface area (Å²) in [5, 5.41) is 8.94. The van der Waals surface area contributed by atoms with Crippen LogP contribution in [0.1, 0.15) is 17.7 Å². The number of sulfone groups is 1. The molecular formula is C13H18N2O4S. The Morgan fingerprint density at radius 1 is 1.55 bits per heavy atom. The molecule has 0 radical (unpaired) electrons. The quantitative estimate of drug-likeness (QED) is 0.869. The van der Waals surface area contributed by atoms with Crippen molar-refractivity contribution in [2.45, 2.75) is 25.9 Å². The van der Waals surface area contributed by atoms with Crippen molar-refractivity contribution in [3.63, 3.8) is 0 Å². The molecule has 110 valence electrons. The van der Waals surface area contributed by atoms with Gasteiger partial charge in [-0.15, -0.1) is 0 Å². The first-order valence-corrected chi connectivity index (χ1v) is 8.26. The van der Waals surface area contributed by atoms with Crippen LogP contribution in [-0.4, -0.2) is 53.5 Å². The lowest BCUT2D eigenvalue weighted by atomic mass is 10.1. The zero-order valence-electron chi connectivity index (χ0n) is 11.3. The van der Waals surface area contributed by atoms with Gasteiger partial charge >= 0.3 is 5.97 Å². The highest BCUT2D eigenvalue weighted by atomic mass is 32.2. The standard InChI is InChI=1S/C13H18N2O4S/c1-10-3-2-4-14-12(10)8-15-5-6-20(18,19)9-11(15)7-13(16)17/h2-4,11H,5-9H2,1H3,(H,16,17). The van der Waals surface area contributed by atoms with Crippen molar-refractivity contribution in [1.82, 2.24) is 9.88 Å². The van der Waals surface area contributed by atoms with Gasteiger partial charge in [-0.3, -0.25) is 14.7 Å². The van der Waals surface area contributed by atoms with E-state index in [0.29, 0.717) is 13.1 Å². The molecule has 1 fully saturated rings. The molecule has 0 aromatic carbocycles. The minimum atomic E-state index is -3.14. The fraction of sp³-hybridized carbons (Fsp3) is 0.538. The van der Waals surface area contributed by atoms with Gasteiger partial charge in [0.1, 0.15) is 0 Å². The summed E-state index contributed by atoms with van der Waals surface area (Å²) < 4.78 is 23.3. The predicted molar refractivity (Wildman–Crippen MR) is 74.1 cm³/mol. The smallest absolute Gasteiger partial charge is 0.304 e. The summed E-state index contributed by atoms with van der Waals surface area (Å²) in [6.07, 6.45) is 1.53. The number of hydrogen-bond donors (Lipinski definition) is 1. The number of nitrogens with zero attached hydrogens (tertiary/aromatic N) is 2. The highest BCUT2D eigenvalue weighted by molar-refractivity contribution is 7.91. The van der Waals surface area contributed by atoms with Crippen molar-refractivity contribution in [3.05, 3.63) is 29.6 Å². The Hall–Kier alpha value is -1.47. The zero-order valence-corrected chi connectivity index (χ0v) is 12.1. The van der Waals surface area contributed by atoms with Crippen LogP contribution in [0.4, 0.5) is 0 Å². The lowest BCUT2D eigenvalue weighted by Gasteiger charge is -2.34. The molecule has 1 aromatic rings. The minimum absolute atomic E-state index is 0.0784. The fourth-order valence-corrected chi connectivity index (χ4v) is 3.99. The number of carbonyl (C=O) groups is 1. The van der Waals surface area contributed by atoms with Gasteiger partial charge in [0.2, 0.25) is 0 Å². The van der Waals surface area contributed by atoms with Gasteiger partial charge < -0.3 is 5.11 Å². The molecule has 20 heavy (non-hydrogen) atoms. The van der Waals surface area contributed by atoms with Gasteiger partial charge in [-0.1, -0.05) is 6.07 Å². The van der Waals surface area contributed by atoms with Crippen molar-refractivity contribution in [1.29, 1.82) is 0 Å². The molecule has 1 unspecified atom stereocenters. The lowest BCUT2D eigenvalue weighted by molar-refractivity contribution is -0.138. The van der Waals surface area contributed by atoms with Crippen LogP contribution in [0.3, 0.4) is 0 Å². The van der Waals surface area contributed by atoms with Crippen LogP contribution >= 0.6 is 0 Å². The van der Waals surface area contributed by atoms with Gasteiger partial charge in [0, 0.05) is 25.3 Å². The molecule has 1 aromatic heterocycles. The second-order valence-corrected chi connectivity index (χ2v) is 7.33. The van der Waals surface area contributed by atoms with E-state index in [-0.39, 0.29) is 17.9 Å². The van der Waals surface area contributed by atoms with Crippen LogP contribution in [-0.2, 0) is 21.2 Å². The molecule has 1 N–H and O–H groups in total. The Morgan fingerprint density at radius 3 is 2.95 bits per heavy atom. The van der Waals surface area contributed by atoms with Crippen molar-refractivity contribution < 1.29 is 18.3 Å². The minimum Gasteiger partial charge on any atom is -0.481 e. The molecule has 0 saturated carbocycles. The first kappa shape index (κ1) is 14.9. The highest BCUT2D eigenvalue weighted by Crippen LogP contribution is 2.18. The topological polar surface area (TPSA) is 87.6 Å². The van der Waals surface area contributed by atoms with Gasteiger partial charge in [0.25, 0.3) is 0 Å². The van der Waals surface area contributed by atoms with E-state index in [1.807, 2.05) is 24.0 Å². The fourth-order valence-electron chi connectivity index (χ4n) is 2.39. The van der Waals surface area contributed by atoms with E-state index in [1.54, 1.807) is 6.20 Å². The second kappa shape index (κ2) is 5.88. The summed E-state index contributed by atoms with van der Waals surface area (Å²) in [5.41, 5.74) is 1.89. The number of carboxylic acid groups (broad SMARTS) is 1. The number of aliphatic carboxylic acids is 1. The van der Waals surface area contributed by atoms with E-state index in [2.05, 4.69) is 4.98 Å². The monoisotopic (exact) mass is 298 g/mol. The molecule has 0 spiro atoms. The van der Waals surface area contributed by atoms with E-state index >= 15 is 0 Å². The molecule has 1 aliphatic rings. The van der Waals surface area contributed by atoms with Crippen LogP contribution in [0.5, 0.6) is 0 Å². The van der Waals surface area contributed by atoms with Crippen LogP contribution in [0.2, 0.25) is 0 Å². The normalized spacial score (nSPS) is 22.6. The van der Waals surface area contributed by atoms with Gasteiger partial charge in [-0.2, -0.15) is 0 Å². The molecule has 0 aliphatic carbocycles. The highest BCUT2D eigenvalue weighted by Gasteiger charge is 2.32. The van der Waals surface area contributed by atoms with E-state index in [4.69, 9.17) is 5.11 Å². The third-order valence-corrected chi connectivity index (χ3v) is 5.23. The Bertz CT molecular complexity index is 600. The van der Waals surface area contributed by atoms with Crippen LogP contribution in [0.25, 0.3) is 0 Å². The number of aromatic nitrogens is 1. The molecule has 1 atom stereocenters. The Morgan fingerprint density at radius 2 is 2.30 bits per heavy atom. The zero-order chi connectivity index (χ0) is 14.8. The van der Waals surface area contributed by atoms with E-state index in [9.17, 15) is 13.2 Å². The SMILES string of the molecule is Cc1cccnc1CN1CCS(=O)(=O)CC1CC(=O)O. The lowest BCUT2D eigenvalue weighted by Crippen LogP contribution is -2.49. The van der Waals surface area contributed by atoms with Gasteiger partial charge in [-0.05, 0) is 18.6 Å². The third-order valence-electron chi connectivity index (χ3n) is 3.53. The molecule has 2 heterocycles. The van der Waals surface area contributed by atoms with E-state index in [1.165, 1.54) is 0 Å². The molecule has 7 heteroatoms. The van der Waals surface area contributed by atoms with Crippen molar-refractivity contribution >= 4 is 15.8 Å². The number of carboxylic acids is 1. The summed E-state index contributed by atoms with van der Waals surface area (Å²) in [6, 6.07) is 3.30. The number of rotatable bonds is 4. The predicted octanol–water partition coefficient (Wildman–Crippen LogP) is 0.464. The summed E-state index contributed by atoms with van der Waals surface area (Å²) in [7, 11) is -3.14. The molecule has 2 rings (SSSR count). The molecular weight excluding hydrogens is 280 g/mol. The first-order valence-electron chi connectivity index (χ1n) is 6.44. The maximum atomic E-state index is 11.7. The summed E-state index contributed by atoms with van der Waals surface area (Å²) in [5.74, 6) is -0.991. The van der Waals surface area contributed by atoms with Gasteiger partial charge in [-0.25, -0.2) is 8.42 Å². The largest absolute Gasteiger partial charge is 0.481 e. The Kier molecular flexibility index (Phi) is 4.39. The van der Waals surface area contributed by atoms with Crippen molar-refractivity contribution in [2.75, 3.05) is 18.1 Å². The molecule has 0 bridgehead atoms. The second-order valence-electron chi connectivity index (χ2n) is 5.10. The van der Waals surface area contributed by atoms with Crippen molar-refractivity contribution in [2.24, 2.45) is 0 Å². The Balaban J connectivity index is 2.16.